The number of allylic oxidation sites excluding steroid dienone is 3. The van der Waals surface area contributed by atoms with E-state index in [1.807, 2.05) is 26.8 Å². The Morgan fingerprint density at radius 2 is 2.22 bits per heavy atom. The van der Waals surface area contributed by atoms with Crippen LogP contribution >= 0.6 is 0 Å². The third-order valence-corrected chi connectivity index (χ3v) is 3.76. The molecule has 4 heteroatoms. The molecule has 1 aliphatic heterocycles. The summed E-state index contributed by atoms with van der Waals surface area (Å²) < 4.78 is 5.38. The molecule has 96 valence electrons. The molecule has 18 heavy (non-hydrogen) atoms. The number of ether oxygens (including phenoxy) is 1. The van der Waals surface area contributed by atoms with Gasteiger partial charge in [-0.2, -0.15) is 0 Å². The molecule has 3 aliphatic rings. The fourth-order valence-corrected chi connectivity index (χ4v) is 2.87. The van der Waals surface area contributed by atoms with Crippen LogP contribution in [0, 0.1) is 11.3 Å². The number of nitrogens with zero attached hydrogens (tertiary/aromatic N) is 1. The van der Waals surface area contributed by atoms with Gasteiger partial charge in [-0.15, -0.1) is 0 Å². The molecule has 0 aromatic rings. The van der Waals surface area contributed by atoms with Gasteiger partial charge in [0.15, 0.2) is 5.78 Å². The summed E-state index contributed by atoms with van der Waals surface area (Å²) >= 11 is 0. The Balaban J connectivity index is 1.84. The van der Waals surface area contributed by atoms with E-state index in [1.54, 1.807) is 17.1 Å². The van der Waals surface area contributed by atoms with Crippen LogP contribution in [0.3, 0.4) is 0 Å². The molecule has 2 atom stereocenters. The lowest BCUT2D eigenvalue weighted by Gasteiger charge is -2.28. The highest BCUT2D eigenvalue weighted by Crippen LogP contribution is 2.65. The van der Waals surface area contributed by atoms with Crippen LogP contribution < -0.4 is 0 Å². The summed E-state index contributed by atoms with van der Waals surface area (Å²) in [7, 11) is 0. The van der Waals surface area contributed by atoms with Crippen LogP contribution in [0.5, 0.6) is 0 Å². The molecule has 1 saturated heterocycles. The smallest absolute Gasteiger partial charge is 0.414 e. The third kappa shape index (κ3) is 1.59. The molecule has 4 nitrogen and oxygen atoms in total. The first-order valence-corrected chi connectivity index (χ1v) is 6.28. The Labute approximate surface area is 106 Å². The Morgan fingerprint density at radius 1 is 1.50 bits per heavy atom. The fraction of sp³-hybridized carbons (Fsp3) is 0.571. The van der Waals surface area contributed by atoms with Crippen molar-refractivity contribution in [2.45, 2.75) is 32.8 Å². The van der Waals surface area contributed by atoms with Crippen LogP contribution in [-0.4, -0.2) is 28.9 Å². The second-order valence-electron chi connectivity index (χ2n) is 6.30. The third-order valence-electron chi connectivity index (χ3n) is 3.76. The molecule has 0 aromatic heterocycles. The van der Waals surface area contributed by atoms with Gasteiger partial charge in [0.1, 0.15) is 5.60 Å². The van der Waals surface area contributed by atoms with E-state index < -0.39 is 5.60 Å². The zero-order valence-corrected chi connectivity index (χ0v) is 10.9. The minimum Gasteiger partial charge on any atom is -0.443 e. The second kappa shape index (κ2) is 3.25. The summed E-state index contributed by atoms with van der Waals surface area (Å²) in [5.74, 6) is 0.414. The van der Waals surface area contributed by atoms with Gasteiger partial charge in [-0.05, 0) is 39.2 Å². The van der Waals surface area contributed by atoms with Crippen molar-refractivity contribution in [1.29, 1.82) is 0 Å². The van der Waals surface area contributed by atoms with Gasteiger partial charge >= 0.3 is 6.09 Å². The number of likely N-dealkylation sites (tertiary alicyclic amines) is 1. The number of hydrogen-bond donors (Lipinski definition) is 0. The molecule has 0 aromatic carbocycles. The summed E-state index contributed by atoms with van der Waals surface area (Å²) in [6.07, 6.45) is 5.85. The van der Waals surface area contributed by atoms with Gasteiger partial charge in [-0.1, -0.05) is 6.08 Å². The van der Waals surface area contributed by atoms with Gasteiger partial charge in [-0.3, -0.25) is 9.69 Å². The van der Waals surface area contributed by atoms with Crippen LogP contribution in [0.4, 0.5) is 4.79 Å². The maximum absolute atomic E-state index is 12.1. The van der Waals surface area contributed by atoms with E-state index in [2.05, 4.69) is 0 Å². The SMILES string of the molecule is CC(C)(C)OC(=O)N1C[C@@H]2C[C@]23C=CC(=O)C=C13. The topological polar surface area (TPSA) is 46.6 Å². The van der Waals surface area contributed by atoms with Crippen LogP contribution in [-0.2, 0) is 9.53 Å². The van der Waals surface area contributed by atoms with Crippen molar-refractivity contribution >= 4 is 11.9 Å². The molecule has 2 fully saturated rings. The van der Waals surface area contributed by atoms with E-state index in [0.29, 0.717) is 12.5 Å². The van der Waals surface area contributed by atoms with Crippen molar-refractivity contribution in [1.82, 2.24) is 4.90 Å². The Bertz CT molecular complexity index is 498. The number of amides is 1. The predicted octanol–water partition coefficient (Wildman–Crippen LogP) is 2.27. The van der Waals surface area contributed by atoms with Gasteiger partial charge in [0.25, 0.3) is 0 Å². The molecule has 2 aliphatic carbocycles. The first-order chi connectivity index (χ1) is 8.32. The molecule has 3 rings (SSSR count). The Morgan fingerprint density at radius 3 is 2.89 bits per heavy atom. The standard InChI is InChI=1S/C14H17NO3/c1-13(2,3)18-12(17)15-8-9-7-14(9)5-4-10(16)6-11(14)15/h4-6,9H,7-8H2,1-3H3/t9-,14+/m0/s1. The molecular weight excluding hydrogens is 230 g/mol. The fourth-order valence-electron chi connectivity index (χ4n) is 2.87. The number of hydrogen-bond acceptors (Lipinski definition) is 3. The van der Waals surface area contributed by atoms with Crippen LogP contribution in [0.15, 0.2) is 23.9 Å². The van der Waals surface area contributed by atoms with Crippen molar-refractivity contribution < 1.29 is 14.3 Å². The van der Waals surface area contributed by atoms with E-state index in [-0.39, 0.29) is 17.3 Å². The number of ketones is 1. The predicted molar refractivity (Wildman–Crippen MR) is 65.7 cm³/mol. The van der Waals surface area contributed by atoms with Gasteiger partial charge in [0, 0.05) is 23.7 Å². The van der Waals surface area contributed by atoms with Gasteiger partial charge in [0.05, 0.1) is 0 Å². The number of piperidine rings is 1. The first kappa shape index (κ1) is 11.5. The summed E-state index contributed by atoms with van der Waals surface area (Å²) in [6.45, 7) is 6.20. The lowest BCUT2D eigenvalue weighted by Crippen LogP contribution is -2.36. The summed E-state index contributed by atoms with van der Waals surface area (Å²) in [4.78, 5) is 25.2. The maximum atomic E-state index is 12.1. The average Bonchev–Trinajstić information content (AvgIpc) is 2.83. The summed E-state index contributed by atoms with van der Waals surface area (Å²) in [5.41, 5.74) is 0.269. The Hall–Kier alpha value is -1.58. The average molecular weight is 247 g/mol. The Kier molecular flexibility index (Phi) is 2.08. The molecule has 1 saturated carbocycles. The largest absolute Gasteiger partial charge is 0.443 e. The first-order valence-electron chi connectivity index (χ1n) is 6.28. The molecule has 0 unspecified atom stereocenters. The molecular formula is C14H17NO3. The van der Waals surface area contributed by atoms with E-state index in [9.17, 15) is 9.59 Å². The normalized spacial score (nSPS) is 32.8. The van der Waals surface area contributed by atoms with Gasteiger partial charge in [0.2, 0.25) is 0 Å². The highest BCUT2D eigenvalue weighted by Gasteiger charge is 2.64. The van der Waals surface area contributed by atoms with E-state index in [4.69, 9.17) is 4.74 Å². The monoisotopic (exact) mass is 247 g/mol. The second-order valence-corrected chi connectivity index (χ2v) is 6.30. The molecule has 1 amide bonds. The summed E-state index contributed by atoms with van der Waals surface area (Å²) in [6, 6.07) is 0. The highest BCUT2D eigenvalue weighted by atomic mass is 16.6. The molecule has 0 radical (unpaired) electrons. The molecule has 0 bridgehead atoms. The van der Waals surface area contributed by atoms with Crippen molar-refractivity contribution in [3.63, 3.8) is 0 Å². The quantitative estimate of drug-likeness (QED) is 0.659. The van der Waals surface area contributed by atoms with E-state index in [1.165, 1.54) is 0 Å². The molecule has 0 N–H and O–H groups in total. The maximum Gasteiger partial charge on any atom is 0.414 e. The lowest BCUT2D eigenvalue weighted by molar-refractivity contribution is -0.110. The molecule has 1 heterocycles. The summed E-state index contributed by atoms with van der Waals surface area (Å²) in [5, 5.41) is 0. The van der Waals surface area contributed by atoms with Gasteiger partial charge < -0.3 is 4.74 Å². The lowest BCUT2D eigenvalue weighted by atomic mass is 9.95. The van der Waals surface area contributed by atoms with Crippen LogP contribution in [0.1, 0.15) is 27.2 Å². The van der Waals surface area contributed by atoms with Crippen molar-refractivity contribution in [3.8, 4) is 0 Å². The highest BCUT2D eigenvalue weighted by molar-refractivity contribution is 6.02. The number of rotatable bonds is 0. The van der Waals surface area contributed by atoms with Crippen LogP contribution in [0.2, 0.25) is 0 Å². The minimum absolute atomic E-state index is 0.0447. The van der Waals surface area contributed by atoms with E-state index in [0.717, 1.165) is 12.1 Å². The van der Waals surface area contributed by atoms with E-state index >= 15 is 0 Å². The van der Waals surface area contributed by atoms with Crippen molar-refractivity contribution in [2.75, 3.05) is 6.54 Å². The minimum atomic E-state index is -0.508. The number of carbonyl (C=O) groups is 2. The van der Waals surface area contributed by atoms with Crippen molar-refractivity contribution in [3.05, 3.63) is 23.9 Å². The van der Waals surface area contributed by atoms with Crippen LogP contribution in [0.25, 0.3) is 0 Å². The van der Waals surface area contributed by atoms with Gasteiger partial charge in [-0.25, -0.2) is 4.79 Å². The zero-order valence-electron chi connectivity index (χ0n) is 10.9. The zero-order chi connectivity index (χ0) is 13.1. The molecule has 1 spiro atoms. The van der Waals surface area contributed by atoms with Crippen molar-refractivity contribution in [2.24, 2.45) is 11.3 Å². The number of carbonyl (C=O) groups excluding carboxylic acids is 2.